The van der Waals surface area contributed by atoms with Crippen LogP contribution in [-0.2, 0) is 6.54 Å². The lowest BCUT2D eigenvalue weighted by Crippen LogP contribution is -1.96. The first-order valence-corrected chi connectivity index (χ1v) is 8.40. The minimum Gasteiger partial charge on any atom is -0.324 e. The fourth-order valence-electron chi connectivity index (χ4n) is 2.16. The van der Waals surface area contributed by atoms with Crippen molar-refractivity contribution in [3.63, 3.8) is 0 Å². The van der Waals surface area contributed by atoms with E-state index in [1.54, 1.807) is 11.3 Å². The first-order chi connectivity index (χ1) is 9.63. The van der Waals surface area contributed by atoms with Crippen molar-refractivity contribution in [2.45, 2.75) is 13.5 Å². The first-order valence-electron chi connectivity index (χ1n) is 5.99. The summed E-state index contributed by atoms with van der Waals surface area (Å²) in [7, 11) is 0. The molecule has 3 aromatic rings. The monoisotopic (exact) mass is 409 g/mol. The number of fused-ring (bicyclic) bond motifs is 1. The van der Waals surface area contributed by atoms with Crippen LogP contribution in [0.4, 0.5) is 0 Å². The van der Waals surface area contributed by atoms with Crippen LogP contribution in [0.15, 0.2) is 32.5 Å². The third-order valence-corrected chi connectivity index (χ3v) is 6.31. The van der Waals surface area contributed by atoms with Crippen molar-refractivity contribution >= 4 is 54.2 Å². The second-order valence-electron chi connectivity index (χ2n) is 4.23. The van der Waals surface area contributed by atoms with Gasteiger partial charge in [0.15, 0.2) is 5.82 Å². The highest BCUT2D eigenvalue weighted by Crippen LogP contribution is 2.38. The smallest absolute Gasteiger partial charge is 0.151 e. The number of rotatable bonds is 2. The number of imidazole rings is 1. The lowest BCUT2D eigenvalue weighted by molar-refractivity contribution is 0.798. The number of benzene rings is 1. The van der Waals surface area contributed by atoms with Gasteiger partial charge in [-0.05, 0) is 63.0 Å². The zero-order valence-electron chi connectivity index (χ0n) is 10.5. The van der Waals surface area contributed by atoms with Crippen LogP contribution in [0, 0.1) is 11.3 Å². The van der Waals surface area contributed by atoms with Gasteiger partial charge >= 0.3 is 0 Å². The van der Waals surface area contributed by atoms with Gasteiger partial charge in [-0.15, -0.1) is 11.3 Å². The van der Waals surface area contributed by atoms with E-state index in [-0.39, 0.29) is 0 Å². The summed E-state index contributed by atoms with van der Waals surface area (Å²) in [5, 5.41) is 8.99. The standard InChI is InChI=1S/C14H9Br2N3S/c1-2-19-11-4-3-8(7-17)5-10(11)18-14(19)12-6-9(15)13(16)20-12/h3-6H,2H2,1H3. The van der Waals surface area contributed by atoms with Crippen LogP contribution < -0.4 is 0 Å². The highest BCUT2D eigenvalue weighted by atomic mass is 79.9. The van der Waals surface area contributed by atoms with E-state index in [1.807, 2.05) is 18.2 Å². The molecular weight excluding hydrogens is 402 g/mol. The number of aryl methyl sites for hydroxylation is 1. The highest BCUT2D eigenvalue weighted by Gasteiger charge is 2.15. The third kappa shape index (κ3) is 2.20. The zero-order chi connectivity index (χ0) is 14.3. The summed E-state index contributed by atoms with van der Waals surface area (Å²) in [6, 6.07) is 9.85. The van der Waals surface area contributed by atoms with Gasteiger partial charge < -0.3 is 4.57 Å². The number of thiophene rings is 1. The second-order valence-corrected chi connectivity index (χ2v) is 7.45. The molecule has 3 rings (SSSR count). The summed E-state index contributed by atoms with van der Waals surface area (Å²) < 4.78 is 4.26. The lowest BCUT2D eigenvalue weighted by Gasteiger charge is -2.03. The zero-order valence-corrected chi connectivity index (χ0v) is 14.5. The average Bonchev–Trinajstić information content (AvgIpc) is 2.98. The van der Waals surface area contributed by atoms with Gasteiger partial charge in [0.05, 0.1) is 31.3 Å². The Balaban J connectivity index is 2.27. The quantitative estimate of drug-likeness (QED) is 0.583. The molecule has 0 radical (unpaired) electrons. The van der Waals surface area contributed by atoms with E-state index in [2.05, 4.69) is 55.5 Å². The molecule has 2 aromatic heterocycles. The molecule has 0 aliphatic heterocycles. The number of hydrogen-bond acceptors (Lipinski definition) is 3. The lowest BCUT2D eigenvalue weighted by atomic mass is 10.2. The topological polar surface area (TPSA) is 41.6 Å². The second kappa shape index (κ2) is 5.32. The van der Waals surface area contributed by atoms with Gasteiger partial charge in [0, 0.05) is 11.0 Å². The molecule has 0 aliphatic rings. The molecule has 0 spiro atoms. The Morgan fingerprint density at radius 1 is 1.35 bits per heavy atom. The molecule has 3 nitrogen and oxygen atoms in total. The van der Waals surface area contributed by atoms with Crippen molar-refractivity contribution < 1.29 is 0 Å². The van der Waals surface area contributed by atoms with Gasteiger partial charge in [0.25, 0.3) is 0 Å². The molecule has 0 atom stereocenters. The van der Waals surface area contributed by atoms with Crippen molar-refractivity contribution in [1.82, 2.24) is 9.55 Å². The number of nitrogens with zero attached hydrogens (tertiary/aromatic N) is 3. The molecule has 20 heavy (non-hydrogen) atoms. The molecule has 0 fully saturated rings. The summed E-state index contributed by atoms with van der Waals surface area (Å²) in [5.74, 6) is 0.939. The maximum absolute atomic E-state index is 8.99. The average molecular weight is 411 g/mol. The molecule has 100 valence electrons. The van der Waals surface area contributed by atoms with Crippen LogP contribution in [0.25, 0.3) is 21.7 Å². The van der Waals surface area contributed by atoms with Gasteiger partial charge in [-0.25, -0.2) is 4.98 Å². The molecule has 0 N–H and O–H groups in total. The maximum atomic E-state index is 8.99. The fraction of sp³-hybridized carbons (Fsp3) is 0.143. The predicted molar refractivity (Wildman–Crippen MR) is 88.8 cm³/mol. The Morgan fingerprint density at radius 3 is 2.75 bits per heavy atom. The summed E-state index contributed by atoms with van der Waals surface area (Å²) in [5.41, 5.74) is 2.56. The van der Waals surface area contributed by atoms with E-state index in [1.165, 1.54) is 0 Å². The molecule has 6 heteroatoms. The van der Waals surface area contributed by atoms with Crippen LogP contribution in [0.5, 0.6) is 0 Å². The molecule has 0 unspecified atom stereocenters. The largest absolute Gasteiger partial charge is 0.324 e. The van der Waals surface area contributed by atoms with Gasteiger partial charge in [-0.3, -0.25) is 0 Å². The maximum Gasteiger partial charge on any atom is 0.151 e. The molecule has 0 bridgehead atoms. The van der Waals surface area contributed by atoms with Crippen molar-refractivity contribution in [2.24, 2.45) is 0 Å². The first kappa shape index (κ1) is 13.8. The fourth-order valence-corrected chi connectivity index (χ4v) is 4.20. The Hall–Kier alpha value is -1.16. The van der Waals surface area contributed by atoms with Gasteiger partial charge in [-0.2, -0.15) is 5.26 Å². The van der Waals surface area contributed by atoms with E-state index in [4.69, 9.17) is 10.2 Å². The van der Waals surface area contributed by atoms with E-state index in [0.717, 1.165) is 36.5 Å². The number of hydrogen-bond donors (Lipinski definition) is 0. The van der Waals surface area contributed by atoms with Crippen molar-refractivity contribution in [3.05, 3.63) is 38.1 Å². The molecule has 2 heterocycles. The Morgan fingerprint density at radius 2 is 2.15 bits per heavy atom. The minimum absolute atomic E-state index is 0.637. The third-order valence-electron chi connectivity index (χ3n) is 3.06. The minimum atomic E-state index is 0.637. The van der Waals surface area contributed by atoms with E-state index in [0.29, 0.717) is 5.56 Å². The Bertz CT molecular complexity index is 823. The van der Waals surface area contributed by atoms with Crippen molar-refractivity contribution in [3.8, 4) is 16.8 Å². The molecule has 0 saturated carbocycles. The van der Waals surface area contributed by atoms with E-state index >= 15 is 0 Å². The van der Waals surface area contributed by atoms with Crippen molar-refractivity contribution in [2.75, 3.05) is 0 Å². The number of nitriles is 1. The summed E-state index contributed by atoms with van der Waals surface area (Å²) in [4.78, 5) is 5.79. The van der Waals surface area contributed by atoms with Crippen molar-refractivity contribution in [1.29, 1.82) is 5.26 Å². The van der Waals surface area contributed by atoms with Crippen LogP contribution in [0.2, 0.25) is 0 Å². The van der Waals surface area contributed by atoms with Crippen LogP contribution in [0.3, 0.4) is 0 Å². The summed E-state index contributed by atoms with van der Waals surface area (Å²) in [6.45, 7) is 2.94. The Labute approximate surface area is 137 Å². The van der Waals surface area contributed by atoms with Gasteiger partial charge in [0.2, 0.25) is 0 Å². The van der Waals surface area contributed by atoms with Gasteiger partial charge in [-0.1, -0.05) is 0 Å². The number of halogens is 2. The van der Waals surface area contributed by atoms with Gasteiger partial charge in [0.1, 0.15) is 0 Å². The summed E-state index contributed by atoms with van der Waals surface area (Å²) in [6.07, 6.45) is 0. The molecule has 0 saturated heterocycles. The SMILES string of the molecule is CCn1c(-c2cc(Br)c(Br)s2)nc2cc(C#N)ccc21. The van der Waals surface area contributed by atoms with Crippen LogP contribution >= 0.6 is 43.2 Å². The Kier molecular flexibility index (Phi) is 3.67. The van der Waals surface area contributed by atoms with E-state index < -0.39 is 0 Å². The van der Waals surface area contributed by atoms with Crippen LogP contribution in [0.1, 0.15) is 12.5 Å². The van der Waals surface area contributed by atoms with E-state index in [9.17, 15) is 0 Å². The summed E-state index contributed by atoms with van der Waals surface area (Å²) >= 11 is 8.67. The number of aromatic nitrogens is 2. The predicted octanol–water partition coefficient (Wildman–Crippen LogP) is 5.18. The molecule has 0 aliphatic carbocycles. The van der Waals surface area contributed by atoms with Crippen LogP contribution in [-0.4, -0.2) is 9.55 Å². The highest BCUT2D eigenvalue weighted by molar-refractivity contribution is 9.13. The normalized spacial score (nSPS) is 10.9. The molecule has 1 aromatic carbocycles. The molecular formula is C14H9Br2N3S. The molecule has 0 amide bonds.